The van der Waals surface area contributed by atoms with E-state index in [4.69, 9.17) is 37.9 Å². The monoisotopic (exact) mass is 396 g/mol. The van der Waals surface area contributed by atoms with Gasteiger partial charge in [-0.3, -0.25) is 0 Å². The number of fused-ring (bicyclic) bond motifs is 3. The molecular weight excluding hydrogens is 368 g/mol. The van der Waals surface area contributed by atoms with E-state index in [2.05, 4.69) is 0 Å². The predicted molar refractivity (Wildman–Crippen MR) is 96.3 cm³/mol. The molecule has 8 heteroatoms. The molecule has 1 aromatic carbocycles. The Labute approximate surface area is 164 Å². The zero-order valence-electron chi connectivity index (χ0n) is 16.8. The van der Waals surface area contributed by atoms with Gasteiger partial charge in [-0.05, 0) is 13.8 Å². The second-order valence-electron chi connectivity index (χ2n) is 7.42. The number of methoxy groups -OCH3 is 3. The summed E-state index contributed by atoms with van der Waals surface area (Å²) >= 11 is 0. The third-order valence-corrected chi connectivity index (χ3v) is 5.91. The third kappa shape index (κ3) is 3.18. The van der Waals surface area contributed by atoms with Crippen LogP contribution < -0.4 is 0 Å². The molecule has 156 valence electrons. The van der Waals surface area contributed by atoms with Crippen LogP contribution in [0.1, 0.15) is 25.7 Å². The van der Waals surface area contributed by atoms with Crippen LogP contribution in [-0.4, -0.2) is 70.2 Å². The van der Waals surface area contributed by atoms with Crippen LogP contribution in [-0.2, 0) is 37.9 Å². The Morgan fingerprint density at radius 3 is 2.11 bits per heavy atom. The maximum atomic E-state index is 6.41. The first-order valence-corrected chi connectivity index (χ1v) is 9.41. The Bertz CT molecular complexity index is 671. The number of benzene rings is 1. The van der Waals surface area contributed by atoms with Crippen molar-refractivity contribution in [1.82, 2.24) is 0 Å². The van der Waals surface area contributed by atoms with Gasteiger partial charge in [0.25, 0.3) is 0 Å². The highest BCUT2D eigenvalue weighted by molar-refractivity contribution is 5.17. The quantitative estimate of drug-likeness (QED) is 0.765. The summed E-state index contributed by atoms with van der Waals surface area (Å²) in [6.45, 7) is 3.90. The van der Waals surface area contributed by atoms with Crippen LogP contribution in [0.4, 0.5) is 0 Å². The Hall–Kier alpha value is -1.10. The van der Waals surface area contributed by atoms with Gasteiger partial charge in [0, 0.05) is 26.9 Å². The van der Waals surface area contributed by atoms with Gasteiger partial charge in [-0.15, -0.1) is 0 Å². The third-order valence-electron chi connectivity index (χ3n) is 5.91. The highest BCUT2D eigenvalue weighted by atomic mass is 16.8. The molecule has 1 aromatic rings. The van der Waals surface area contributed by atoms with Crippen molar-refractivity contribution in [1.29, 1.82) is 0 Å². The average Bonchev–Trinajstić information content (AvgIpc) is 2.74. The van der Waals surface area contributed by atoms with Crippen molar-refractivity contribution in [3.05, 3.63) is 35.9 Å². The molecule has 8 atom stereocenters. The lowest BCUT2D eigenvalue weighted by Gasteiger charge is -2.58. The first-order chi connectivity index (χ1) is 13.4. The van der Waals surface area contributed by atoms with E-state index >= 15 is 0 Å². The topological polar surface area (TPSA) is 73.8 Å². The van der Waals surface area contributed by atoms with Gasteiger partial charge in [0.15, 0.2) is 12.6 Å². The predicted octanol–water partition coefficient (Wildman–Crippen LogP) is 1.98. The minimum atomic E-state index is -1.15. The average molecular weight is 396 g/mol. The molecule has 0 aromatic heterocycles. The smallest absolute Gasteiger partial charge is 0.220 e. The zero-order valence-corrected chi connectivity index (χ0v) is 16.8. The van der Waals surface area contributed by atoms with E-state index < -0.39 is 42.5 Å². The molecule has 0 spiro atoms. The van der Waals surface area contributed by atoms with Crippen LogP contribution in [0.25, 0.3) is 0 Å². The van der Waals surface area contributed by atoms with Crippen molar-refractivity contribution in [2.45, 2.75) is 62.4 Å². The molecule has 3 aliphatic rings. The van der Waals surface area contributed by atoms with Gasteiger partial charge >= 0.3 is 0 Å². The van der Waals surface area contributed by atoms with Crippen LogP contribution in [0.5, 0.6) is 0 Å². The SMILES string of the molecule is CO[C@H]1O[C@@H]2CO[C@H](c3ccccc3)O[C@@H]2[C@@H]2O[C@](C)(OC)[C@@](C)(OC)O[C@@H]12. The fraction of sp³-hybridized carbons (Fsp3) is 0.700. The van der Waals surface area contributed by atoms with Crippen molar-refractivity contribution in [2.75, 3.05) is 27.9 Å². The van der Waals surface area contributed by atoms with E-state index in [1.807, 2.05) is 30.3 Å². The molecule has 3 heterocycles. The fourth-order valence-electron chi connectivity index (χ4n) is 3.98. The molecule has 0 unspecified atom stereocenters. The summed E-state index contributed by atoms with van der Waals surface area (Å²) in [6, 6.07) is 9.77. The summed E-state index contributed by atoms with van der Waals surface area (Å²) in [5, 5.41) is 0. The summed E-state index contributed by atoms with van der Waals surface area (Å²) in [7, 11) is 4.67. The summed E-state index contributed by atoms with van der Waals surface area (Å²) in [6.07, 6.45) is -3.00. The number of ether oxygens (including phenoxy) is 8. The van der Waals surface area contributed by atoms with Crippen molar-refractivity contribution >= 4 is 0 Å². The van der Waals surface area contributed by atoms with Gasteiger partial charge in [-0.1, -0.05) is 30.3 Å². The van der Waals surface area contributed by atoms with E-state index in [1.54, 1.807) is 35.2 Å². The van der Waals surface area contributed by atoms with Crippen LogP contribution in [0.2, 0.25) is 0 Å². The van der Waals surface area contributed by atoms with E-state index in [9.17, 15) is 0 Å². The second-order valence-corrected chi connectivity index (χ2v) is 7.42. The molecule has 3 aliphatic heterocycles. The molecule has 3 fully saturated rings. The molecule has 0 N–H and O–H groups in total. The van der Waals surface area contributed by atoms with Gasteiger partial charge < -0.3 is 37.9 Å². The molecule has 3 saturated heterocycles. The van der Waals surface area contributed by atoms with E-state index in [-0.39, 0.29) is 6.10 Å². The Balaban J connectivity index is 1.63. The van der Waals surface area contributed by atoms with Crippen LogP contribution in [0, 0.1) is 0 Å². The van der Waals surface area contributed by atoms with Crippen LogP contribution >= 0.6 is 0 Å². The lowest BCUT2D eigenvalue weighted by Crippen LogP contribution is -2.73. The zero-order chi connectivity index (χ0) is 19.9. The minimum Gasteiger partial charge on any atom is -0.353 e. The number of rotatable bonds is 4. The standard InChI is InChI=1S/C20H28O8/c1-19(22-4)20(2,23-5)28-16-15(27-19)14-13(25-18(16)21-3)11-24-17(26-14)12-9-7-6-8-10-12/h6-10,13-18H,11H2,1-5H3/t13-,14+,15+,16-,17+,18+,19+,20+/m1/s1. The Kier molecular flexibility index (Phi) is 5.49. The summed E-state index contributed by atoms with van der Waals surface area (Å²) in [5.41, 5.74) is 0.930. The maximum Gasteiger partial charge on any atom is 0.220 e. The van der Waals surface area contributed by atoms with Gasteiger partial charge in [-0.25, -0.2) is 0 Å². The highest BCUT2D eigenvalue weighted by Crippen LogP contribution is 2.46. The summed E-state index contributed by atoms with van der Waals surface area (Å²) in [5.74, 6) is -2.30. The molecule has 4 rings (SSSR count). The summed E-state index contributed by atoms with van der Waals surface area (Å²) in [4.78, 5) is 0. The van der Waals surface area contributed by atoms with E-state index in [0.717, 1.165) is 5.56 Å². The van der Waals surface area contributed by atoms with Gasteiger partial charge in [0.05, 0.1) is 6.61 Å². The fourth-order valence-corrected chi connectivity index (χ4v) is 3.98. The molecule has 0 saturated carbocycles. The molecule has 0 amide bonds. The maximum absolute atomic E-state index is 6.41. The van der Waals surface area contributed by atoms with E-state index in [0.29, 0.717) is 6.61 Å². The lowest BCUT2D eigenvalue weighted by molar-refractivity contribution is -0.493. The molecule has 0 aliphatic carbocycles. The van der Waals surface area contributed by atoms with Crippen molar-refractivity contribution in [3.63, 3.8) is 0 Å². The largest absolute Gasteiger partial charge is 0.353 e. The number of hydrogen-bond acceptors (Lipinski definition) is 8. The Morgan fingerprint density at radius 1 is 0.857 bits per heavy atom. The van der Waals surface area contributed by atoms with Gasteiger partial charge in [0.2, 0.25) is 11.6 Å². The molecule has 28 heavy (non-hydrogen) atoms. The molecule has 0 radical (unpaired) electrons. The summed E-state index contributed by atoms with van der Waals surface area (Å²) < 4.78 is 47.7. The van der Waals surface area contributed by atoms with Crippen LogP contribution in [0.3, 0.4) is 0 Å². The molecule has 0 bridgehead atoms. The Morgan fingerprint density at radius 2 is 1.50 bits per heavy atom. The highest BCUT2D eigenvalue weighted by Gasteiger charge is 2.63. The van der Waals surface area contributed by atoms with Gasteiger partial charge in [0.1, 0.15) is 24.4 Å². The van der Waals surface area contributed by atoms with Crippen molar-refractivity contribution < 1.29 is 37.9 Å². The lowest BCUT2D eigenvalue weighted by atomic mass is 9.93. The first-order valence-electron chi connectivity index (χ1n) is 9.41. The van der Waals surface area contributed by atoms with Crippen LogP contribution in [0.15, 0.2) is 30.3 Å². The number of hydrogen-bond donors (Lipinski definition) is 0. The van der Waals surface area contributed by atoms with Crippen molar-refractivity contribution in [3.8, 4) is 0 Å². The first kappa shape index (κ1) is 20.2. The minimum absolute atomic E-state index is 0.349. The van der Waals surface area contributed by atoms with Crippen molar-refractivity contribution in [2.24, 2.45) is 0 Å². The second kappa shape index (κ2) is 7.62. The molecule has 8 nitrogen and oxygen atoms in total. The van der Waals surface area contributed by atoms with E-state index in [1.165, 1.54) is 0 Å². The molecular formula is C20H28O8. The normalized spacial score (nSPS) is 45.9. The van der Waals surface area contributed by atoms with Gasteiger partial charge in [-0.2, -0.15) is 0 Å².